The molecule has 2 saturated heterocycles. The van der Waals surface area contributed by atoms with Crippen molar-refractivity contribution in [3.8, 4) is 0 Å². The molecule has 1 aromatic heterocycles. The van der Waals surface area contributed by atoms with Crippen molar-refractivity contribution in [2.75, 3.05) is 19.7 Å². The van der Waals surface area contributed by atoms with Crippen LogP contribution in [0.4, 0.5) is 0 Å². The van der Waals surface area contributed by atoms with Crippen molar-refractivity contribution in [3.63, 3.8) is 0 Å². The number of carbonyl (C=O) groups is 1. The Labute approximate surface area is 154 Å². The molecule has 1 amide bonds. The number of piperidine rings is 1. The van der Waals surface area contributed by atoms with Gasteiger partial charge in [0.2, 0.25) is 0 Å². The maximum Gasteiger partial charge on any atom is 0.349 e. The van der Waals surface area contributed by atoms with Crippen molar-refractivity contribution in [2.24, 2.45) is 5.92 Å². The lowest BCUT2D eigenvalue weighted by Crippen LogP contribution is -2.43. The summed E-state index contributed by atoms with van der Waals surface area (Å²) in [4.78, 5) is 25.0. The predicted molar refractivity (Wildman–Crippen MR) is 99.5 cm³/mol. The second kappa shape index (κ2) is 7.92. The molecule has 0 aliphatic carbocycles. The summed E-state index contributed by atoms with van der Waals surface area (Å²) >= 11 is 0. The van der Waals surface area contributed by atoms with Crippen LogP contribution in [0.2, 0.25) is 0 Å². The molecule has 6 heteroatoms. The summed E-state index contributed by atoms with van der Waals surface area (Å²) in [6.45, 7) is 8.45. The van der Waals surface area contributed by atoms with E-state index in [0.717, 1.165) is 38.8 Å². The number of ether oxygens (including phenoxy) is 1. The van der Waals surface area contributed by atoms with Crippen molar-refractivity contribution in [2.45, 2.75) is 64.5 Å². The Kier molecular flexibility index (Phi) is 5.82. The number of carbonyl (C=O) groups excluding carboxylic acids is 1. The quantitative estimate of drug-likeness (QED) is 0.839. The van der Waals surface area contributed by atoms with Crippen molar-refractivity contribution in [1.82, 2.24) is 10.6 Å². The summed E-state index contributed by atoms with van der Waals surface area (Å²) in [6.07, 6.45) is 4.39. The van der Waals surface area contributed by atoms with E-state index >= 15 is 0 Å². The smallest absolute Gasteiger partial charge is 0.349 e. The lowest BCUT2D eigenvalue weighted by molar-refractivity contribution is -0.0194. The molecular weight excluding hydrogens is 332 g/mol. The van der Waals surface area contributed by atoms with Crippen LogP contribution in [0.25, 0.3) is 0 Å². The number of rotatable bonds is 5. The van der Waals surface area contributed by atoms with Gasteiger partial charge in [0.25, 0.3) is 5.91 Å². The van der Waals surface area contributed by atoms with Crippen LogP contribution in [0, 0.1) is 12.8 Å². The molecule has 2 aliphatic rings. The molecule has 0 radical (unpaired) electrons. The van der Waals surface area contributed by atoms with Gasteiger partial charge in [-0.3, -0.25) is 4.79 Å². The highest BCUT2D eigenvalue weighted by atomic mass is 16.5. The summed E-state index contributed by atoms with van der Waals surface area (Å²) < 4.78 is 11.4. The molecule has 3 rings (SSSR count). The summed E-state index contributed by atoms with van der Waals surface area (Å²) in [5.41, 5.74) is 0.123. The molecule has 1 spiro atoms. The van der Waals surface area contributed by atoms with Gasteiger partial charge in [-0.25, -0.2) is 4.79 Å². The fraction of sp³-hybridized carbons (Fsp3) is 0.700. The predicted octanol–water partition coefficient (Wildman–Crippen LogP) is 2.18. The lowest BCUT2D eigenvalue weighted by atomic mass is 9.88. The molecule has 3 heterocycles. The monoisotopic (exact) mass is 362 g/mol. The molecule has 2 fully saturated rings. The van der Waals surface area contributed by atoms with Crippen LogP contribution in [0.1, 0.15) is 61.2 Å². The molecule has 1 atom stereocenters. The van der Waals surface area contributed by atoms with E-state index in [1.54, 1.807) is 6.92 Å². The van der Waals surface area contributed by atoms with Gasteiger partial charge >= 0.3 is 5.63 Å². The Morgan fingerprint density at radius 2 is 2.12 bits per heavy atom. The van der Waals surface area contributed by atoms with E-state index in [-0.39, 0.29) is 23.1 Å². The summed E-state index contributed by atoms with van der Waals surface area (Å²) in [6, 6.07) is 1.76. The molecule has 1 aromatic rings. The second-order valence-corrected chi connectivity index (χ2v) is 8.11. The fourth-order valence-electron chi connectivity index (χ4n) is 3.93. The van der Waals surface area contributed by atoms with Crippen LogP contribution >= 0.6 is 0 Å². The Morgan fingerprint density at radius 3 is 2.77 bits per heavy atom. The largest absolute Gasteiger partial charge is 0.427 e. The zero-order chi connectivity index (χ0) is 18.7. The third-order valence-corrected chi connectivity index (χ3v) is 5.45. The first-order valence-corrected chi connectivity index (χ1v) is 9.68. The molecule has 0 saturated carbocycles. The van der Waals surface area contributed by atoms with Crippen molar-refractivity contribution in [1.29, 1.82) is 0 Å². The van der Waals surface area contributed by atoms with Gasteiger partial charge in [-0.2, -0.15) is 0 Å². The van der Waals surface area contributed by atoms with Gasteiger partial charge in [0, 0.05) is 6.42 Å². The van der Waals surface area contributed by atoms with E-state index in [2.05, 4.69) is 24.5 Å². The number of amides is 1. The zero-order valence-electron chi connectivity index (χ0n) is 16.0. The van der Waals surface area contributed by atoms with Gasteiger partial charge in [0.05, 0.1) is 18.2 Å². The minimum atomic E-state index is -0.545. The van der Waals surface area contributed by atoms with Crippen molar-refractivity contribution in [3.05, 3.63) is 33.4 Å². The first-order chi connectivity index (χ1) is 12.4. The highest BCUT2D eigenvalue weighted by molar-refractivity contribution is 5.95. The summed E-state index contributed by atoms with van der Waals surface area (Å²) in [7, 11) is 0. The first-order valence-electron chi connectivity index (χ1n) is 9.68. The van der Waals surface area contributed by atoms with E-state index < -0.39 is 5.63 Å². The Bertz CT molecular complexity index is 704. The number of hydrogen-bond acceptors (Lipinski definition) is 5. The average Bonchev–Trinajstić information content (AvgIpc) is 2.95. The van der Waals surface area contributed by atoms with E-state index in [1.165, 1.54) is 0 Å². The number of nitrogens with one attached hydrogen (secondary N) is 2. The Hall–Kier alpha value is -1.66. The number of hydrogen-bond donors (Lipinski definition) is 2. The molecular formula is C20H30N2O4. The van der Waals surface area contributed by atoms with E-state index in [0.29, 0.717) is 30.3 Å². The van der Waals surface area contributed by atoms with Gasteiger partial charge in [0.1, 0.15) is 11.3 Å². The van der Waals surface area contributed by atoms with Crippen LogP contribution in [-0.4, -0.2) is 37.2 Å². The molecule has 6 nitrogen and oxygen atoms in total. The van der Waals surface area contributed by atoms with Crippen LogP contribution in [0.5, 0.6) is 0 Å². The third kappa shape index (κ3) is 4.35. The topological polar surface area (TPSA) is 80.6 Å². The molecule has 2 N–H and O–H groups in total. The Morgan fingerprint density at radius 1 is 1.38 bits per heavy atom. The molecule has 144 valence electrons. The highest BCUT2D eigenvalue weighted by Gasteiger charge is 2.41. The summed E-state index contributed by atoms with van der Waals surface area (Å²) in [5.74, 6) is 0.829. The molecule has 26 heavy (non-hydrogen) atoms. The highest BCUT2D eigenvalue weighted by Crippen LogP contribution is 2.34. The van der Waals surface area contributed by atoms with E-state index in [4.69, 9.17) is 9.15 Å². The van der Waals surface area contributed by atoms with Crippen LogP contribution in [0.3, 0.4) is 0 Å². The SMILES string of the molecule is Cc1cc(CCC(C)C)oc(=O)c1C(=O)NC1COC2(CCNCC2)C1. The molecule has 2 aliphatic heterocycles. The number of aryl methyl sites for hydroxylation is 2. The summed E-state index contributed by atoms with van der Waals surface area (Å²) in [5, 5.41) is 6.31. The standard InChI is InChI=1S/C20H30N2O4/c1-13(2)4-5-16-10-14(3)17(19(24)26-16)18(23)22-15-11-20(25-12-15)6-8-21-9-7-20/h10,13,15,21H,4-9,11-12H2,1-3H3,(H,22,23). The first kappa shape index (κ1) is 19.1. The molecule has 0 aromatic carbocycles. The van der Waals surface area contributed by atoms with Crippen LogP contribution in [0.15, 0.2) is 15.3 Å². The van der Waals surface area contributed by atoms with Crippen molar-refractivity contribution < 1.29 is 13.9 Å². The van der Waals surface area contributed by atoms with Gasteiger partial charge in [0.15, 0.2) is 0 Å². The second-order valence-electron chi connectivity index (χ2n) is 8.11. The van der Waals surface area contributed by atoms with E-state index in [1.807, 2.05) is 6.07 Å². The maximum atomic E-state index is 12.7. The maximum absolute atomic E-state index is 12.7. The lowest BCUT2D eigenvalue weighted by Gasteiger charge is -2.32. The third-order valence-electron chi connectivity index (χ3n) is 5.45. The Balaban J connectivity index is 1.65. The normalized spacial score (nSPS) is 22.1. The van der Waals surface area contributed by atoms with Gasteiger partial charge in [-0.1, -0.05) is 13.8 Å². The minimum absolute atomic E-state index is 0.0555. The van der Waals surface area contributed by atoms with Gasteiger partial charge < -0.3 is 19.8 Å². The van der Waals surface area contributed by atoms with Crippen LogP contribution in [-0.2, 0) is 11.2 Å². The fourth-order valence-corrected chi connectivity index (χ4v) is 3.93. The molecule has 0 bridgehead atoms. The van der Waals surface area contributed by atoms with Gasteiger partial charge in [-0.15, -0.1) is 0 Å². The van der Waals surface area contributed by atoms with Crippen LogP contribution < -0.4 is 16.3 Å². The van der Waals surface area contributed by atoms with Gasteiger partial charge in [-0.05, 0) is 63.2 Å². The van der Waals surface area contributed by atoms with E-state index in [9.17, 15) is 9.59 Å². The minimum Gasteiger partial charge on any atom is -0.427 e. The van der Waals surface area contributed by atoms with Crippen molar-refractivity contribution >= 4 is 5.91 Å². The zero-order valence-corrected chi connectivity index (χ0v) is 16.0. The molecule has 1 unspecified atom stereocenters. The average molecular weight is 362 g/mol.